The highest BCUT2D eigenvalue weighted by molar-refractivity contribution is 5.97. The van der Waals surface area contributed by atoms with Crippen LogP contribution in [0.2, 0.25) is 0 Å². The number of nitrogens with zero attached hydrogens (tertiary/aromatic N) is 4. The van der Waals surface area contributed by atoms with Gasteiger partial charge in [0.15, 0.2) is 0 Å². The van der Waals surface area contributed by atoms with Crippen LogP contribution in [0, 0.1) is 0 Å². The van der Waals surface area contributed by atoms with Gasteiger partial charge in [0, 0.05) is 25.2 Å². The number of amides is 1. The third kappa shape index (κ3) is 3.63. The van der Waals surface area contributed by atoms with Crippen LogP contribution in [-0.2, 0) is 4.74 Å². The maximum atomic E-state index is 12.7. The van der Waals surface area contributed by atoms with E-state index in [1.54, 1.807) is 23.1 Å². The van der Waals surface area contributed by atoms with Crippen LogP contribution in [-0.4, -0.2) is 64.2 Å². The lowest BCUT2D eigenvalue weighted by molar-refractivity contribution is -0.00923. The number of morpholine rings is 1. The van der Waals surface area contributed by atoms with Crippen LogP contribution < -0.4 is 5.32 Å². The molecule has 1 aromatic carbocycles. The number of carbonyl (C=O) groups excluding carboxylic acids is 1. The highest BCUT2D eigenvalue weighted by Crippen LogP contribution is 2.17. The summed E-state index contributed by atoms with van der Waals surface area (Å²) in [4.78, 5) is 15.0. The number of hydrogen-bond donors (Lipinski definition) is 1. The molecule has 1 aliphatic rings. The second kappa shape index (κ2) is 7.11. The minimum atomic E-state index is -0.123. The molecule has 1 fully saturated rings. The van der Waals surface area contributed by atoms with E-state index in [1.165, 1.54) is 0 Å². The molecule has 3 rings (SSSR count). The van der Waals surface area contributed by atoms with E-state index in [2.05, 4.69) is 34.4 Å². The quantitative estimate of drug-likeness (QED) is 0.890. The predicted molar refractivity (Wildman–Crippen MR) is 90.2 cm³/mol. The van der Waals surface area contributed by atoms with Gasteiger partial charge in [-0.2, -0.15) is 0 Å². The summed E-state index contributed by atoms with van der Waals surface area (Å²) < 4.78 is 7.00. The first-order valence-electron chi connectivity index (χ1n) is 8.15. The average Bonchev–Trinajstić information content (AvgIpc) is 3.15. The Labute approximate surface area is 141 Å². The van der Waals surface area contributed by atoms with E-state index in [-0.39, 0.29) is 11.4 Å². The molecule has 1 N–H and O–H groups in total. The lowest BCUT2D eigenvalue weighted by atomic mass is 10.0. The molecule has 1 aromatic heterocycles. The zero-order chi connectivity index (χ0) is 17.0. The van der Waals surface area contributed by atoms with Gasteiger partial charge in [0.05, 0.1) is 36.9 Å². The summed E-state index contributed by atoms with van der Waals surface area (Å²) in [5, 5.41) is 10.8. The van der Waals surface area contributed by atoms with Crippen molar-refractivity contribution in [2.45, 2.75) is 19.4 Å². The first kappa shape index (κ1) is 16.6. The number of ether oxygens (including phenoxy) is 1. The molecule has 2 aromatic rings. The number of hydrogen-bond acceptors (Lipinski definition) is 5. The van der Waals surface area contributed by atoms with Crippen LogP contribution >= 0.6 is 0 Å². The van der Waals surface area contributed by atoms with Gasteiger partial charge in [0.1, 0.15) is 0 Å². The fourth-order valence-corrected chi connectivity index (χ4v) is 2.87. The molecule has 0 atom stereocenters. The fraction of sp³-hybridized carbons (Fsp3) is 0.471. The number of nitrogens with one attached hydrogen (secondary N) is 1. The molecule has 0 saturated carbocycles. The Hall–Kier alpha value is -2.25. The molecule has 7 heteroatoms. The van der Waals surface area contributed by atoms with E-state index in [1.807, 2.05) is 18.2 Å². The first-order valence-corrected chi connectivity index (χ1v) is 8.15. The Morgan fingerprint density at radius 1 is 1.29 bits per heavy atom. The molecule has 0 bridgehead atoms. The molecule has 128 valence electrons. The smallest absolute Gasteiger partial charge is 0.253 e. The molecule has 0 radical (unpaired) electrons. The van der Waals surface area contributed by atoms with Crippen LogP contribution in [0.1, 0.15) is 24.2 Å². The summed E-state index contributed by atoms with van der Waals surface area (Å²) in [6.45, 7) is 8.11. The summed E-state index contributed by atoms with van der Waals surface area (Å²) in [5.74, 6) is -0.109. The van der Waals surface area contributed by atoms with Crippen molar-refractivity contribution >= 4 is 5.91 Å². The molecular weight excluding hydrogens is 306 g/mol. The number of carbonyl (C=O) groups is 1. The van der Waals surface area contributed by atoms with Crippen molar-refractivity contribution < 1.29 is 9.53 Å². The Morgan fingerprint density at radius 3 is 2.75 bits per heavy atom. The fourth-order valence-electron chi connectivity index (χ4n) is 2.87. The highest BCUT2D eigenvalue weighted by atomic mass is 16.5. The van der Waals surface area contributed by atoms with Gasteiger partial charge in [-0.05, 0) is 26.0 Å². The molecule has 7 nitrogen and oxygen atoms in total. The first-order chi connectivity index (χ1) is 11.6. The van der Waals surface area contributed by atoms with Gasteiger partial charge in [-0.3, -0.25) is 9.69 Å². The predicted octanol–water partition coefficient (Wildman–Crippen LogP) is 1.11. The van der Waals surface area contributed by atoms with E-state index in [9.17, 15) is 4.79 Å². The lowest BCUT2D eigenvalue weighted by Gasteiger charge is -2.40. The standard InChI is InChI=1S/C17H23N5O2/c1-17(2,21-9-11-24-12-10-21)13-18-16(23)14-5-3-4-6-15(14)22-8-7-19-20-22/h3-8H,9-13H2,1-2H3,(H,18,23). The highest BCUT2D eigenvalue weighted by Gasteiger charge is 2.29. The largest absolute Gasteiger partial charge is 0.379 e. The van der Waals surface area contributed by atoms with E-state index < -0.39 is 0 Å². The van der Waals surface area contributed by atoms with E-state index in [0.717, 1.165) is 32.0 Å². The Balaban J connectivity index is 1.69. The van der Waals surface area contributed by atoms with Crippen molar-refractivity contribution in [1.29, 1.82) is 0 Å². The maximum absolute atomic E-state index is 12.7. The topological polar surface area (TPSA) is 72.3 Å². The van der Waals surface area contributed by atoms with Gasteiger partial charge in [0.2, 0.25) is 0 Å². The SMILES string of the molecule is CC(C)(CNC(=O)c1ccccc1-n1ccnn1)N1CCOCC1. The summed E-state index contributed by atoms with van der Waals surface area (Å²) in [5.41, 5.74) is 1.18. The van der Waals surface area contributed by atoms with E-state index >= 15 is 0 Å². The Kier molecular flexibility index (Phi) is 4.92. The van der Waals surface area contributed by atoms with Crippen molar-refractivity contribution in [1.82, 2.24) is 25.2 Å². The van der Waals surface area contributed by atoms with Crippen LogP contribution in [0.25, 0.3) is 5.69 Å². The minimum absolute atomic E-state index is 0.109. The van der Waals surface area contributed by atoms with Crippen LogP contribution in [0.4, 0.5) is 0 Å². The number of aromatic nitrogens is 3. The van der Waals surface area contributed by atoms with Crippen LogP contribution in [0.5, 0.6) is 0 Å². The van der Waals surface area contributed by atoms with Crippen molar-refractivity contribution in [3.05, 3.63) is 42.2 Å². The van der Waals surface area contributed by atoms with Gasteiger partial charge in [-0.25, -0.2) is 4.68 Å². The third-order valence-electron chi connectivity index (χ3n) is 4.37. The van der Waals surface area contributed by atoms with Crippen LogP contribution in [0.3, 0.4) is 0 Å². The minimum Gasteiger partial charge on any atom is -0.379 e. The molecule has 1 aliphatic heterocycles. The molecule has 0 unspecified atom stereocenters. The molecule has 0 spiro atoms. The molecular formula is C17H23N5O2. The molecule has 1 saturated heterocycles. The van der Waals surface area contributed by atoms with Crippen molar-refractivity contribution in [3.63, 3.8) is 0 Å². The van der Waals surface area contributed by atoms with Gasteiger partial charge in [-0.15, -0.1) is 5.10 Å². The van der Waals surface area contributed by atoms with Crippen molar-refractivity contribution in [2.75, 3.05) is 32.8 Å². The molecule has 1 amide bonds. The maximum Gasteiger partial charge on any atom is 0.253 e. The van der Waals surface area contributed by atoms with Crippen molar-refractivity contribution in [2.24, 2.45) is 0 Å². The average molecular weight is 329 g/mol. The van der Waals surface area contributed by atoms with E-state index in [0.29, 0.717) is 12.1 Å². The third-order valence-corrected chi connectivity index (χ3v) is 4.37. The molecule has 0 aliphatic carbocycles. The summed E-state index contributed by atoms with van der Waals surface area (Å²) in [6.07, 6.45) is 3.32. The number of benzene rings is 1. The second-order valence-electron chi connectivity index (χ2n) is 6.46. The second-order valence-corrected chi connectivity index (χ2v) is 6.46. The van der Waals surface area contributed by atoms with Crippen LogP contribution in [0.15, 0.2) is 36.7 Å². The van der Waals surface area contributed by atoms with Crippen molar-refractivity contribution in [3.8, 4) is 5.69 Å². The Morgan fingerprint density at radius 2 is 2.04 bits per heavy atom. The number of para-hydroxylation sites is 1. The zero-order valence-electron chi connectivity index (χ0n) is 14.1. The van der Waals surface area contributed by atoms with Gasteiger partial charge < -0.3 is 10.1 Å². The summed E-state index contributed by atoms with van der Waals surface area (Å²) >= 11 is 0. The van der Waals surface area contributed by atoms with Gasteiger partial charge >= 0.3 is 0 Å². The molecule has 24 heavy (non-hydrogen) atoms. The number of rotatable bonds is 5. The summed E-state index contributed by atoms with van der Waals surface area (Å²) in [6, 6.07) is 7.39. The molecule has 2 heterocycles. The zero-order valence-corrected chi connectivity index (χ0v) is 14.1. The Bertz CT molecular complexity index is 678. The van der Waals surface area contributed by atoms with Gasteiger partial charge in [0.25, 0.3) is 5.91 Å². The summed E-state index contributed by atoms with van der Waals surface area (Å²) in [7, 11) is 0. The monoisotopic (exact) mass is 329 g/mol. The lowest BCUT2D eigenvalue weighted by Crippen LogP contribution is -2.55. The van der Waals surface area contributed by atoms with Gasteiger partial charge in [-0.1, -0.05) is 17.3 Å². The van der Waals surface area contributed by atoms with E-state index in [4.69, 9.17) is 4.74 Å². The normalized spacial score (nSPS) is 16.1.